The van der Waals surface area contributed by atoms with Gasteiger partial charge in [-0.05, 0) is 36.3 Å². The zero-order valence-corrected chi connectivity index (χ0v) is 17.0. The Balaban J connectivity index is 1.27. The van der Waals surface area contributed by atoms with Crippen LogP contribution in [0.3, 0.4) is 0 Å². The Bertz CT molecular complexity index is 1190. The van der Waals surface area contributed by atoms with Crippen molar-refractivity contribution in [2.45, 2.75) is 19.3 Å². The summed E-state index contributed by atoms with van der Waals surface area (Å²) in [5.41, 5.74) is 2.22. The second-order valence-electron chi connectivity index (χ2n) is 7.56. The zero-order chi connectivity index (χ0) is 20.5. The monoisotopic (exact) mass is 420 g/mol. The minimum absolute atomic E-state index is 0.189. The molecule has 0 saturated carbocycles. The number of carbonyl (C=O) groups is 2. The highest BCUT2D eigenvalue weighted by atomic mass is 32.1. The van der Waals surface area contributed by atoms with Gasteiger partial charge < -0.3 is 14.4 Å². The zero-order valence-electron chi connectivity index (χ0n) is 16.2. The first kappa shape index (κ1) is 18.7. The van der Waals surface area contributed by atoms with Gasteiger partial charge in [0.15, 0.2) is 0 Å². The molecule has 1 saturated heterocycles. The van der Waals surface area contributed by atoms with Crippen LogP contribution >= 0.6 is 11.3 Å². The number of benzene rings is 1. The number of fused-ring (bicyclic) bond motifs is 1. The van der Waals surface area contributed by atoms with Crippen molar-refractivity contribution in [3.63, 3.8) is 0 Å². The standard InChI is InChI=1S/C22H20N4O3S/c27-20(17-11-23-18-6-2-1-5-16(17)18)22(28)26-8-3-4-14(12-26)10-19-24-21(25-29-19)15-7-9-30-13-15/h1-2,5-7,9,11,13-14,23H,3-4,8,10,12H2. The summed E-state index contributed by atoms with van der Waals surface area (Å²) in [6.07, 6.45) is 4.03. The predicted octanol–water partition coefficient (Wildman–Crippen LogP) is 3.94. The lowest BCUT2D eigenvalue weighted by atomic mass is 9.94. The van der Waals surface area contributed by atoms with E-state index in [2.05, 4.69) is 15.1 Å². The summed E-state index contributed by atoms with van der Waals surface area (Å²) in [5, 5.41) is 8.78. The largest absolute Gasteiger partial charge is 0.360 e. The fourth-order valence-electron chi connectivity index (χ4n) is 4.03. The number of piperidine rings is 1. The Kier molecular flexibility index (Phi) is 4.92. The number of hydrogen-bond donors (Lipinski definition) is 1. The SMILES string of the molecule is O=C(C(=O)N1CCCC(Cc2nc(-c3ccsc3)no2)C1)c1c[nH]c2ccccc12. The van der Waals surface area contributed by atoms with Gasteiger partial charge in [-0.3, -0.25) is 9.59 Å². The van der Waals surface area contributed by atoms with Gasteiger partial charge in [-0.2, -0.15) is 16.3 Å². The minimum atomic E-state index is -0.467. The molecule has 4 heterocycles. The molecule has 7 nitrogen and oxygen atoms in total. The van der Waals surface area contributed by atoms with E-state index in [9.17, 15) is 9.59 Å². The van der Waals surface area contributed by atoms with Crippen molar-refractivity contribution >= 4 is 33.9 Å². The third-order valence-corrected chi connectivity index (χ3v) is 6.23. The molecule has 0 radical (unpaired) electrons. The maximum absolute atomic E-state index is 12.9. The first-order valence-corrected chi connectivity index (χ1v) is 10.9. The van der Waals surface area contributed by atoms with Gasteiger partial charge in [0.05, 0.1) is 5.56 Å². The number of rotatable bonds is 5. The highest BCUT2D eigenvalue weighted by Crippen LogP contribution is 2.25. The lowest BCUT2D eigenvalue weighted by Gasteiger charge is -2.31. The van der Waals surface area contributed by atoms with Gasteiger partial charge in [-0.15, -0.1) is 0 Å². The van der Waals surface area contributed by atoms with Gasteiger partial charge >= 0.3 is 0 Å². The van der Waals surface area contributed by atoms with Gasteiger partial charge in [0.2, 0.25) is 11.7 Å². The van der Waals surface area contributed by atoms with E-state index in [0.29, 0.717) is 36.8 Å². The number of hydrogen-bond acceptors (Lipinski definition) is 6. The van der Waals surface area contributed by atoms with Crippen molar-refractivity contribution in [3.05, 3.63) is 58.7 Å². The maximum Gasteiger partial charge on any atom is 0.295 e. The van der Waals surface area contributed by atoms with Gasteiger partial charge in [0.1, 0.15) is 0 Å². The molecule has 1 fully saturated rings. The third kappa shape index (κ3) is 3.54. The summed E-state index contributed by atoms with van der Waals surface area (Å²) in [5.74, 6) is 0.428. The average molecular weight is 420 g/mol. The second kappa shape index (κ2) is 7.87. The van der Waals surface area contributed by atoms with Crippen LogP contribution in [0.25, 0.3) is 22.3 Å². The molecule has 1 amide bonds. The lowest BCUT2D eigenvalue weighted by molar-refractivity contribution is -0.128. The maximum atomic E-state index is 12.9. The molecule has 8 heteroatoms. The number of nitrogens with zero attached hydrogens (tertiary/aromatic N) is 3. The van der Waals surface area contributed by atoms with Crippen LogP contribution in [0.15, 0.2) is 51.8 Å². The molecule has 0 aliphatic carbocycles. The van der Waals surface area contributed by atoms with Crippen molar-refractivity contribution in [1.82, 2.24) is 20.0 Å². The van der Waals surface area contributed by atoms with E-state index < -0.39 is 11.7 Å². The van der Waals surface area contributed by atoms with Crippen molar-refractivity contribution in [2.24, 2.45) is 5.92 Å². The molecular formula is C22H20N4O3S. The van der Waals surface area contributed by atoms with E-state index in [1.807, 2.05) is 41.1 Å². The number of para-hydroxylation sites is 1. The average Bonchev–Trinajstić information content (AvgIpc) is 3.53. The Morgan fingerprint density at radius 1 is 1.27 bits per heavy atom. The summed E-state index contributed by atoms with van der Waals surface area (Å²) >= 11 is 1.58. The number of H-pyrrole nitrogens is 1. The van der Waals surface area contributed by atoms with E-state index >= 15 is 0 Å². The molecule has 0 spiro atoms. The number of nitrogens with one attached hydrogen (secondary N) is 1. The molecule has 5 rings (SSSR count). The smallest absolute Gasteiger partial charge is 0.295 e. The number of ketones is 1. The third-order valence-electron chi connectivity index (χ3n) is 5.55. The number of likely N-dealkylation sites (tertiary alicyclic amines) is 1. The molecule has 1 atom stereocenters. The number of thiophene rings is 1. The summed E-state index contributed by atoms with van der Waals surface area (Å²) in [7, 11) is 0. The van der Waals surface area contributed by atoms with Crippen LogP contribution in [0.1, 0.15) is 29.1 Å². The number of Topliss-reactive ketones (excluding diaryl/α,β-unsaturated/α-hetero) is 1. The van der Waals surface area contributed by atoms with Crippen molar-refractivity contribution < 1.29 is 14.1 Å². The van der Waals surface area contributed by atoms with Gasteiger partial charge in [-0.25, -0.2) is 0 Å². The van der Waals surface area contributed by atoms with E-state index in [0.717, 1.165) is 29.3 Å². The van der Waals surface area contributed by atoms with Crippen LogP contribution < -0.4 is 0 Å². The fraction of sp³-hybridized carbons (Fsp3) is 0.273. The van der Waals surface area contributed by atoms with Gasteiger partial charge in [-0.1, -0.05) is 23.4 Å². The molecule has 30 heavy (non-hydrogen) atoms. The van der Waals surface area contributed by atoms with E-state index in [-0.39, 0.29) is 5.92 Å². The highest BCUT2D eigenvalue weighted by Gasteiger charge is 2.30. The lowest BCUT2D eigenvalue weighted by Crippen LogP contribution is -2.43. The molecule has 0 bridgehead atoms. The normalized spacial score (nSPS) is 16.8. The van der Waals surface area contributed by atoms with Crippen LogP contribution in [0.4, 0.5) is 0 Å². The molecule has 152 valence electrons. The van der Waals surface area contributed by atoms with Gasteiger partial charge in [0.25, 0.3) is 11.7 Å². The Morgan fingerprint density at radius 3 is 3.03 bits per heavy atom. The molecule has 1 aromatic carbocycles. The van der Waals surface area contributed by atoms with Crippen molar-refractivity contribution in [1.29, 1.82) is 0 Å². The predicted molar refractivity (Wildman–Crippen MR) is 113 cm³/mol. The van der Waals surface area contributed by atoms with Crippen LogP contribution in [0.5, 0.6) is 0 Å². The number of aromatic amines is 1. The van der Waals surface area contributed by atoms with E-state index in [1.165, 1.54) is 0 Å². The van der Waals surface area contributed by atoms with Crippen LogP contribution in [0, 0.1) is 5.92 Å². The summed E-state index contributed by atoms with van der Waals surface area (Å²) < 4.78 is 5.41. The summed E-state index contributed by atoms with van der Waals surface area (Å²) in [4.78, 5) is 35.0. The number of carbonyl (C=O) groups excluding carboxylic acids is 2. The first-order valence-electron chi connectivity index (χ1n) is 9.94. The van der Waals surface area contributed by atoms with E-state index in [1.54, 1.807) is 22.4 Å². The quantitative estimate of drug-likeness (QED) is 0.390. The topological polar surface area (TPSA) is 92.1 Å². The van der Waals surface area contributed by atoms with Crippen molar-refractivity contribution in [2.75, 3.05) is 13.1 Å². The summed E-state index contributed by atoms with van der Waals surface area (Å²) in [6.45, 7) is 1.11. The highest BCUT2D eigenvalue weighted by molar-refractivity contribution is 7.08. The number of amides is 1. The Hall–Kier alpha value is -3.26. The Labute approximate surface area is 176 Å². The first-order chi connectivity index (χ1) is 14.7. The van der Waals surface area contributed by atoms with Crippen molar-refractivity contribution in [3.8, 4) is 11.4 Å². The Morgan fingerprint density at radius 2 is 2.17 bits per heavy atom. The number of aromatic nitrogens is 3. The molecule has 1 aliphatic heterocycles. The van der Waals surface area contributed by atoms with Crippen LogP contribution in [-0.4, -0.2) is 44.8 Å². The summed E-state index contributed by atoms with van der Waals surface area (Å²) in [6, 6.07) is 9.46. The molecule has 1 aliphatic rings. The van der Waals surface area contributed by atoms with E-state index in [4.69, 9.17) is 4.52 Å². The molecule has 4 aromatic rings. The molecule has 1 N–H and O–H groups in total. The van der Waals surface area contributed by atoms with Crippen LogP contribution in [-0.2, 0) is 11.2 Å². The second-order valence-corrected chi connectivity index (χ2v) is 8.34. The van der Waals surface area contributed by atoms with Crippen LogP contribution in [0.2, 0.25) is 0 Å². The fourth-order valence-corrected chi connectivity index (χ4v) is 4.66. The molecule has 1 unspecified atom stereocenters. The molecule has 3 aromatic heterocycles. The van der Waals surface area contributed by atoms with Gasteiger partial charge in [0, 0.05) is 47.6 Å². The minimum Gasteiger partial charge on any atom is -0.360 e. The molecular weight excluding hydrogens is 400 g/mol.